The molecule has 7 heteroatoms. The Balaban J connectivity index is 1.43. The normalized spacial score (nSPS) is 14.4. The topological polar surface area (TPSA) is 58.2 Å². The van der Waals surface area contributed by atoms with Crippen molar-refractivity contribution in [2.75, 3.05) is 11.1 Å². The van der Waals surface area contributed by atoms with Gasteiger partial charge in [0.05, 0.1) is 11.8 Å². The number of hydrogen-bond acceptors (Lipinski definition) is 3. The standard InChI is InChI=1S/C21H22Cl2N2O2S/c1-13(14-5-8-18(9-6-14)25-21(27)15-2-3-15)24-20(26)12-28-11-16-4-7-17(22)10-19(16)23/h4-10,13,15H,2-3,11-12H2,1H3,(H,24,26)(H,25,27). The Morgan fingerprint density at radius 2 is 1.86 bits per heavy atom. The maximum Gasteiger partial charge on any atom is 0.230 e. The summed E-state index contributed by atoms with van der Waals surface area (Å²) in [5, 5.41) is 7.12. The molecule has 1 fully saturated rings. The van der Waals surface area contributed by atoms with Crippen molar-refractivity contribution in [1.29, 1.82) is 0 Å². The smallest absolute Gasteiger partial charge is 0.230 e. The summed E-state index contributed by atoms with van der Waals surface area (Å²) in [6.07, 6.45) is 1.96. The lowest BCUT2D eigenvalue weighted by atomic mass is 10.1. The molecule has 2 aromatic rings. The molecule has 0 saturated heterocycles. The van der Waals surface area contributed by atoms with Crippen molar-refractivity contribution in [3.05, 3.63) is 63.6 Å². The van der Waals surface area contributed by atoms with E-state index in [2.05, 4.69) is 10.6 Å². The van der Waals surface area contributed by atoms with E-state index in [9.17, 15) is 9.59 Å². The molecule has 2 amide bonds. The Kier molecular flexibility index (Phi) is 7.27. The van der Waals surface area contributed by atoms with Crippen LogP contribution in [0.15, 0.2) is 42.5 Å². The Hall–Kier alpha value is -1.69. The van der Waals surface area contributed by atoms with E-state index in [1.54, 1.807) is 12.1 Å². The van der Waals surface area contributed by atoms with Gasteiger partial charge in [0.2, 0.25) is 11.8 Å². The average Bonchev–Trinajstić information content (AvgIpc) is 3.49. The van der Waals surface area contributed by atoms with Gasteiger partial charge in [-0.25, -0.2) is 0 Å². The number of anilines is 1. The van der Waals surface area contributed by atoms with Crippen LogP contribution in [-0.2, 0) is 15.3 Å². The zero-order valence-corrected chi connectivity index (χ0v) is 17.8. The number of benzene rings is 2. The molecule has 4 nitrogen and oxygen atoms in total. The first-order valence-electron chi connectivity index (χ1n) is 9.14. The molecule has 1 unspecified atom stereocenters. The number of carbonyl (C=O) groups excluding carboxylic acids is 2. The first kappa shape index (κ1) is 21.0. The van der Waals surface area contributed by atoms with Crippen LogP contribution in [0.1, 0.15) is 36.9 Å². The van der Waals surface area contributed by atoms with Gasteiger partial charge >= 0.3 is 0 Å². The molecule has 28 heavy (non-hydrogen) atoms. The maximum absolute atomic E-state index is 12.2. The molecule has 2 aromatic carbocycles. The average molecular weight is 437 g/mol. The van der Waals surface area contributed by atoms with E-state index >= 15 is 0 Å². The van der Waals surface area contributed by atoms with Crippen LogP contribution >= 0.6 is 35.0 Å². The number of halogens is 2. The highest BCUT2D eigenvalue weighted by molar-refractivity contribution is 7.99. The van der Waals surface area contributed by atoms with E-state index in [1.165, 1.54) is 11.8 Å². The van der Waals surface area contributed by atoms with Crippen molar-refractivity contribution in [1.82, 2.24) is 5.32 Å². The summed E-state index contributed by atoms with van der Waals surface area (Å²) in [6.45, 7) is 1.94. The van der Waals surface area contributed by atoms with Crippen LogP contribution in [-0.4, -0.2) is 17.6 Å². The highest BCUT2D eigenvalue weighted by Crippen LogP contribution is 2.30. The summed E-state index contributed by atoms with van der Waals surface area (Å²) < 4.78 is 0. The molecule has 0 spiro atoms. The lowest BCUT2D eigenvalue weighted by Gasteiger charge is -2.15. The molecule has 148 valence electrons. The highest BCUT2D eigenvalue weighted by atomic mass is 35.5. The third kappa shape index (κ3) is 6.16. The van der Waals surface area contributed by atoms with Gasteiger partial charge in [0.25, 0.3) is 0 Å². The molecule has 1 atom stereocenters. The maximum atomic E-state index is 12.2. The predicted octanol–water partition coefficient (Wildman–Crippen LogP) is 5.45. The fraction of sp³-hybridized carbons (Fsp3) is 0.333. The zero-order chi connectivity index (χ0) is 20.1. The van der Waals surface area contributed by atoms with Crippen molar-refractivity contribution in [2.45, 2.75) is 31.6 Å². The molecular weight excluding hydrogens is 415 g/mol. The van der Waals surface area contributed by atoms with Gasteiger partial charge in [-0.3, -0.25) is 9.59 Å². The fourth-order valence-corrected chi connectivity index (χ4v) is 4.10. The second-order valence-electron chi connectivity index (χ2n) is 6.90. The second kappa shape index (κ2) is 9.68. The number of nitrogens with one attached hydrogen (secondary N) is 2. The molecule has 2 N–H and O–H groups in total. The van der Waals surface area contributed by atoms with E-state index in [-0.39, 0.29) is 23.8 Å². The Bertz CT molecular complexity index is 854. The van der Waals surface area contributed by atoms with Crippen LogP contribution in [0.3, 0.4) is 0 Å². The number of amides is 2. The lowest BCUT2D eigenvalue weighted by Crippen LogP contribution is -2.28. The van der Waals surface area contributed by atoms with Gasteiger partial charge in [-0.15, -0.1) is 11.8 Å². The Labute approximate surface area is 179 Å². The minimum atomic E-state index is -0.111. The van der Waals surface area contributed by atoms with Gasteiger partial charge in [-0.1, -0.05) is 41.4 Å². The summed E-state index contributed by atoms with van der Waals surface area (Å²) in [4.78, 5) is 24.0. The summed E-state index contributed by atoms with van der Waals surface area (Å²) >= 11 is 13.5. The molecule has 3 rings (SSSR count). The third-order valence-corrected chi connectivity index (χ3v) is 6.08. The molecule has 0 aromatic heterocycles. The van der Waals surface area contributed by atoms with E-state index in [0.717, 1.165) is 29.7 Å². The molecule has 0 bridgehead atoms. The van der Waals surface area contributed by atoms with Crippen LogP contribution < -0.4 is 10.6 Å². The molecule has 1 aliphatic carbocycles. The zero-order valence-electron chi connectivity index (χ0n) is 15.5. The SMILES string of the molecule is CC(NC(=O)CSCc1ccc(Cl)cc1Cl)c1ccc(NC(=O)C2CC2)cc1. The Morgan fingerprint density at radius 1 is 1.14 bits per heavy atom. The number of rotatable bonds is 8. The molecular formula is C21H22Cl2N2O2S. The monoisotopic (exact) mass is 436 g/mol. The van der Waals surface area contributed by atoms with Crippen LogP contribution in [0, 0.1) is 5.92 Å². The van der Waals surface area contributed by atoms with Gasteiger partial charge < -0.3 is 10.6 Å². The van der Waals surface area contributed by atoms with Gasteiger partial charge in [-0.2, -0.15) is 0 Å². The predicted molar refractivity (Wildman–Crippen MR) is 117 cm³/mol. The number of carbonyl (C=O) groups is 2. The van der Waals surface area contributed by atoms with Crippen molar-refractivity contribution in [2.24, 2.45) is 5.92 Å². The summed E-state index contributed by atoms with van der Waals surface area (Å²) in [5.74, 6) is 1.23. The third-order valence-electron chi connectivity index (χ3n) is 4.51. The quantitative estimate of drug-likeness (QED) is 0.577. The van der Waals surface area contributed by atoms with E-state index in [1.807, 2.05) is 37.3 Å². The minimum absolute atomic E-state index is 0.0336. The Morgan fingerprint density at radius 3 is 2.50 bits per heavy atom. The van der Waals surface area contributed by atoms with E-state index in [4.69, 9.17) is 23.2 Å². The molecule has 1 saturated carbocycles. The molecule has 0 heterocycles. The molecule has 0 radical (unpaired) electrons. The van der Waals surface area contributed by atoms with Crippen LogP contribution in [0.4, 0.5) is 5.69 Å². The van der Waals surface area contributed by atoms with Crippen LogP contribution in [0.5, 0.6) is 0 Å². The number of hydrogen-bond donors (Lipinski definition) is 2. The first-order chi connectivity index (χ1) is 13.4. The van der Waals surface area contributed by atoms with Crippen molar-refractivity contribution >= 4 is 52.5 Å². The molecule has 1 aliphatic rings. The van der Waals surface area contributed by atoms with Crippen LogP contribution in [0.2, 0.25) is 10.0 Å². The van der Waals surface area contributed by atoms with Gasteiger partial charge in [0.1, 0.15) is 0 Å². The number of thioether (sulfide) groups is 1. The first-order valence-corrected chi connectivity index (χ1v) is 11.1. The fourth-order valence-electron chi connectivity index (χ4n) is 2.70. The van der Waals surface area contributed by atoms with Crippen molar-refractivity contribution in [3.63, 3.8) is 0 Å². The van der Waals surface area contributed by atoms with E-state index < -0.39 is 0 Å². The highest BCUT2D eigenvalue weighted by Gasteiger charge is 2.29. The largest absolute Gasteiger partial charge is 0.349 e. The summed E-state index contributed by atoms with van der Waals surface area (Å²) in [5.41, 5.74) is 2.74. The lowest BCUT2D eigenvalue weighted by molar-refractivity contribution is -0.119. The van der Waals surface area contributed by atoms with Gasteiger partial charge in [0.15, 0.2) is 0 Å². The van der Waals surface area contributed by atoms with Gasteiger partial charge in [-0.05, 0) is 55.2 Å². The van der Waals surface area contributed by atoms with Crippen LogP contribution in [0.25, 0.3) is 0 Å². The van der Waals surface area contributed by atoms with Gasteiger partial charge in [0, 0.05) is 27.4 Å². The summed E-state index contributed by atoms with van der Waals surface area (Å²) in [7, 11) is 0. The summed E-state index contributed by atoms with van der Waals surface area (Å²) in [6, 6.07) is 12.9. The molecule has 0 aliphatic heterocycles. The van der Waals surface area contributed by atoms with E-state index in [0.29, 0.717) is 21.6 Å². The second-order valence-corrected chi connectivity index (χ2v) is 8.73. The minimum Gasteiger partial charge on any atom is -0.349 e. The van der Waals surface area contributed by atoms with Crippen molar-refractivity contribution in [3.8, 4) is 0 Å². The van der Waals surface area contributed by atoms with Crippen molar-refractivity contribution < 1.29 is 9.59 Å².